The van der Waals surface area contributed by atoms with E-state index in [2.05, 4.69) is 58.3 Å². The Bertz CT molecular complexity index is 1390. The zero-order valence-corrected chi connectivity index (χ0v) is 20.4. The van der Waals surface area contributed by atoms with E-state index in [0.717, 1.165) is 48.6 Å². The molecule has 6 nitrogen and oxygen atoms in total. The second kappa shape index (κ2) is 10.1. The molecular weight excluding hydrogens is 460 g/mol. The van der Waals surface area contributed by atoms with Gasteiger partial charge in [0, 0.05) is 54.2 Å². The fourth-order valence-corrected chi connectivity index (χ4v) is 5.31. The van der Waals surface area contributed by atoms with Crippen molar-refractivity contribution in [3.8, 4) is 0 Å². The number of aryl methyl sites for hydroxylation is 2. The van der Waals surface area contributed by atoms with E-state index in [-0.39, 0.29) is 6.04 Å². The molecule has 4 N–H and O–H groups in total. The van der Waals surface area contributed by atoms with Crippen LogP contribution in [0.5, 0.6) is 0 Å². The molecule has 2 aromatic carbocycles. The number of nitrogens with zero attached hydrogens (tertiary/aromatic N) is 1. The van der Waals surface area contributed by atoms with Gasteiger partial charge in [0.05, 0.1) is 5.02 Å². The van der Waals surface area contributed by atoms with Crippen molar-refractivity contribution in [3.05, 3.63) is 99.5 Å². The Labute approximate surface area is 209 Å². The quantitative estimate of drug-likeness (QED) is 0.146. The van der Waals surface area contributed by atoms with Crippen molar-refractivity contribution in [2.24, 2.45) is 0 Å². The Morgan fingerprint density at radius 2 is 2.11 bits per heavy atom. The van der Waals surface area contributed by atoms with E-state index < -0.39 is 5.91 Å². The maximum Gasteiger partial charge on any atom is 0.267 e. The first kappa shape index (κ1) is 23.4. The molecule has 0 fully saturated rings. The molecule has 2 aromatic heterocycles. The number of hydrogen-bond acceptors (Lipinski definition) is 3. The molecule has 0 saturated carbocycles. The number of halogens is 1. The largest absolute Gasteiger partial charge is 0.363 e. The minimum absolute atomic E-state index is 0.288. The zero-order valence-electron chi connectivity index (χ0n) is 19.6. The summed E-state index contributed by atoms with van der Waals surface area (Å²) in [7, 11) is 0. The van der Waals surface area contributed by atoms with E-state index in [1.165, 1.54) is 39.2 Å². The lowest BCUT2D eigenvalue weighted by atomic mass is 10.0. The summed E-state index contributed by atoms with van der Waals surface area (Å²) in [5.41, 5.74) is 9.98. The summed E-state index contributed by atoms with van der Waals surface area (Å²) >= 11 is 6.46. The van der Waals surface area contributed by atoms with E-state index in [4.69, 9.17) is 16.8 Å². The second-order valence-electron chi connectivity index (χ2n) is 9.21. The summed E-state index contributed by atoms with van der Waals surface area (Å²) in [4.78, 5) is 20.6. The standard InChI is InChI=1S/C28H29ClN4O2/c1-18-2-6-22-21(16-31-25(22)14-18)11-13-33(17-26-24(29)10-12-30-26)27-8-5-20-15-19(3-7-23(20)27)4-9-28(34)32-35/h2-4,6-7,9-10,12,14-16,27,30-31,35H,5,8,11,13,17H2,1H3,(H,32,34)/b9-4+. The Kier molecular flexibility index (Phi) is 6.77. The molecule has 1 atom stereocenters. The lowest BCUT2D eigenvalue weighted by molar-refractivity contribution is -0.124. The maximum absolute atomic E-state index is 11.3. The Morgan fingerprint density at radius 3 is 2.91 bits per heavy atom. The molecule has 0 saturated heterocycles. The normalized spacial score (nSPS) is 15.4. The summed E-state index contributed by atoms with van der Waals surface area (Å²) in [5.74, 6) is -0.537. The maximum atomic E-state index is 11.3. The molecular formula is C28H29ClN4O2. The van der Waals surface area contributed by atoms with Crippen LogP contribution >= 0.6 is 11.6 Å². The van der Waals surface area contributed by atoms with Gasteiger partial charge in [0.1, 0.15) is 0 Å². The smallest absolute Gasteiger partial charge is 0.267 e. The third-order valence-corrected chi connectivity index (χ3v) is 7.27. The van der Waals surface area contributed by atoms with E-state index in [0.29, 0.717) is 0 Å². The summed E-state index contributed by atoms with van der Waals surface area (Å²) in [6, 6.07) is 15.1. The molecule has 0 bridgehead atoms. The molecule has 0 radical (unpaired) electrons. The van der Waals surface area contributed by atoms with Crippen LogP contribution in [0.2, 0.25) is 5.02 Å². The molecule has 5 rings (SSSR count). The molecule has 4 aromatic rings. The van der Waals surface area contributed by atoms with Gasteiger partial charge in [-0.25, -0.2) is 5.48 Å². The highest BCUT2D eigenvalue weighted by molar-refractivity contribution is 6.31. The van der Waals surface area contributed by atoms with Gasteiger partial charge in [-0.1, -0.05) is 41.9 Å². The topological polar surface area (TPSA) is 84.2 Å². The average Bonchev–Trinajstić information content (AvgIpc) is 3.58. The van der Waals surface area contributed by atoms with Crippen molar-refractivity contribution in [1.82, 2.24) is 20.3 Å². The van der Waals surface area contributed by atoms with Crippen molar-refractivity contribution in [2.45, 2.75) is 38.8 Å². The Morgan fingerprint density at radius 1 is 1.23 bits per heavy atom. The molecule has 7 heteroatoms. The number of nitrogens with one attached hydrogen (secondary N) is 3. The second-order valence-corrected chi connectivity index (χ2v) is 9.62. The molecule has 1 unspecified atom stereocenters. The number of H-pyrrole nitrogens is 2. The third kappa shape index (κ3) is 5.05. The number of aromatic amines is 2. The van der Waals surface area contributed by atoms with Crippen molar-refractivity contribution in [3.63, 3.8) is 0 Å². The van der Waals surface area contributed by atoms with Gasteiger partial charge in [0.15, 0.2) is 0 Å². The van der Waals surface area contributed by atoms with Crippen LogP contribution in [0.4, 0.5) is 0 Å². The van der Waals surface area contributed by atoms with Gasteiger partial charge in [-0.3, -0.25) is 14.9 Å². The van der Waals surface area contributed by atoms with Gasteiger partial charge < -0.3 is 9.97 Å². The fraction of sp³-hybridized carbons (Fsp3) is 0.250. The van der Waals surface area contributed by atoms with Crippen LogP contribution in [0.1, 0.15) is 46.0 Å². The number of fused-ring (bicyclic) bond motifs is 2. The first-order valence-electron chi connectivity index (χ1n) is 11.9. The minimum atomic E-state index is -0.537. The SMILES string of the molecule is Cc1ccc2c(CCN(Cc3[nH]ccc3Cl)C3CCc4cc(/C=C/C(=O)NO)ccc43)c[nH]c2c1. The average molecular weight is 489 g/mol. The van der Waals surface area contributed by atoms with Crippen LogP contribution in [-0.2, 0) is 24.2 Å². The number of amides is 1. The van der Waals surface area contributed by atoms with Gasteiger partial charge in [-0.15, -0.1) is 0 Å². The Balaban J connectivity index is 1.39. The molecule has 1 amide bonds. The molecule has 1 aliphatic rings. The van der Waals surface area contributed by atoms with Crippen LogP contribution in [0.3, 0.4) is 0 Å². The predicted molar refractivity (Wildman–Crippen MR) is 139 cm³/mol. The van der Waals surface area contributed by atoms with E-state index in [1.807, 2.05) is 18.3 Å². The lowest BCUT2D eigenvalue weighted by Crippen LogP contribution is -2.29. The number of hydroxylamine groups is 1. The van der Waals surface area contributed by atoms with Crippen molar-refractivity contribution < 1.29 is 10.0 Å². The highest BCUT2D eigenvalue weighted by Gasteiger charge is 2.28. The number of aromatic nitrogens is 2. The number of benzene rings is 2. The summed E-state index contributed by atoms with van der Waals surface area (Å²) in [6.45, 7) is 3.76. The highest BCUT2D eigenvalue weighted by atomic mass is 35.5. The van der Waals surface area contributed by atoms with E-state index >= 15 is 0 Å². The van der Waals surface area contributed by atoms with Crippen molar-refractivity contribution in [1.29, 1.82) is 0 Å². The number of hydrogen-bond donors (Lipinski definition) is 4. The first-order valence-corrected chi connectivity index (χ1v) is 12.3. The fourth-order valence-electron chi connectivity index (χ4n) is 5.13. The van der Waals surface area contributed by atoms with Gasteiger partial charge in [-0.2, -0.15) is 0 Å². The monoisotopic (exact) mass is 488 g/mol. The molecule has 0 spiro atoms. The number of carbonyl (C=O) groups excluding carboxylic acids is 1. The van der Waals surface area contributed by atoms with Gasteiger partial charge >= 0.3 is 0 Å². The number of carbonyl (C=O) groups is 1. The molecule has 0 aliphatic heterocycles. The van der Waals surface area contributed by atoms with Crippen LogP contribution in [0, 0.1) is 6.92 Å². The van der Waals surface area contributed by atoms with Crippen LogP contribution in [0.15, 0.2) is 60.9 Å². The first-order chi connectivity index (χ1) is 17.0. The van der Waals surface area contributed by atoms with E-state index in [1.54, 1.807) is 11.6 Å². The van der Waals surface area contributed by atoms with E-state index in [9.17, 15) is 4.79 Å². The summed E-state index contributed by atoms with van der Waals surface area (Å²) in [5, 5.41) is 10.8. The highest BCUT2D eigenvalue weighted by Crippen LogP contribution is 2.38. The Hall–Kier alpha value is -3.32. The van der Waals surface area contributed by atoms with Gasteiger partial charge in [0.2, 0.25) is 0 Å². The molecule has 2 heterocycles. The molecule has 180 valence electrons. The predicted octanol–water partition coefficient (Wildman–Crippen LogP) is 5.71. The zero-order chi connectivity index (χ0) is 24.4. The third-order valence-electron chi connectivity index (χ3n) is 6.92. The minimum Gasteiger partial charge on any atom is -0.363 e. The van der Waals surface area contributed by atoms with Gasteiger partial charge in [0.25, 0.3) is 5.91 Å². The number of rotatable bonds is 8. The van der Waals surface area contributed by atoms with Gasteiger partial charge in [-0.05, 0) is 72.2 Å². The summed E-state index contributed by atoms with van der Waals surface area (Å²) in [6.07, 6.45) is 10.0. The van der Waals surface area contributed by atoms with Crippen LogP contribution < -0.4 is 5.48 Å². The molecule has 1 aliphatic carbocycles. The van der Waals surface area contributed by atoms with Crippen molar-refractivity contribution >= 4 is 34.5 Å². The van der Waals surface area contributed by atoms with Crippen molar-refractivity contribution in [2.75, 3.05) is 6.54 Å². The van der Waals surface area contributed by atoms with Crippen LogP contribution in [-0.4, -0.2) is 32.5 Å². The summed E-state index contributed by atoms with van der Waals surface area (Å²) < 4.78 is 0. The molecule has 35 heavy (non-hydrogen) atoms. The van der Waals surface area contributed by atoms with Crippen LogP contribution in [0.25, 0.3) is 17.0 Å². The lowest BCUT2D eigenvalue weighted by Gasteiger charge is -2.29.